The third-order valence-corrected chi connectivity index (χ3v) is 0.741. The summed E-state index contributed by atoms with van der Waals surface area (Å²) >= 11 is 5.19. The molecule has 0 unspecified atom stereocenters. The number of allylic oxidation sites excluding steroid dienone is 5. The zero-order chi connectivity index (χ0) is 6.95. The zero-order valence-electron chi connectivity index (χ0n) is 4.83. The van der Waals surface area contributed by atoms with Gasteiger partial charge in [-0.1, -0.05) is 35.9 Å². The maximum absolute atomic E-state index is 9.67. The SMILES string of the molecule is O=C/C=C/C=C/C=C\Cl. The third kappa shape index (κ3) is 7.18. The van der Waals surface area contributed by atoms with Crippen LogP contribution in [0, 0.1) is 0 Å². The van der Waals surface area contributed by atoms with Gasteiger partial charge in [0.1, 0.15) is 6.29 Å². The fourth-order valence-corrected chi connectivity index (χ4v) is 0.364. The lowest BCUT2D eigenvalue weighted by atomic mass is 10.4. The van der Waals surface area contributed by atoms with Crippen molar-refractivity contribution in [2.45, 2.75) is 0 Å². The van der Waals surface area contributed by atoms with Gasteiger partial charge in [0.15, 0.2) is 0 Å². The summed E-state index contributed by atoms with van der Waals surface area (Å²) < 4.78 is 0. The number of carbonyl (C=O) groups excluding carboxylic acids is 1. The highest BCUT2D eigenvalue weighted by molar-refractivity contribution is 6.25. The van der Waals surface area contributed by atoms with Crippen molar-refractivity contribution in [1.82, 2.24) is 0 Å². The van der Waals surface area contributed by atoms with E-state index in [2.05, 4.69) is 0 Å². The van der Waals surface area contributed by atoms with Crippen LogP contribution in [0.2, 0.25) is 0 Å². The smallest absolute Gasteiger partial charge is 0.142 e. The van der Waals surface area contributed by atoms with Crippen LogP contribution in [0.3, 0.4) is 0 Å². The number of hydrogen-bond donors (Lipinski definition) is 0. The molecule has 0 aromatic heterocycles. The molecule has 0 aliphatic carbocycles. The molecule has 0 amide bonds. The molecule has 0 heterocycles. The van der Waals surface area contributed by atoms with Gasteiger partial charge in [-0.3, -0.25) is 4.79 Å². The van der Waals surface area contributed by atoms with Gasteiger partial charge in [0.25, 0.3) is 0 Å². The second kappa shape index (κ2) is 7.18. The van der Waals surface area contributed by atoms with E-state index < -0.39 is 0 Å². The van der Waals surface area contributed by atoms with E-state index in [1.807, 2.05) is 0 Å². The van der Waals surface area contributed by atoms with E-state index in [9.17, 15) is 4.79 Å². The monoisotopic (exact) mass is 142 g/mol. The Morgan fingerprint density at radius 3 is 2.00 bits per heavy atom. The van der Waals surface area contributed by atoms with E-state index >= 15 is 0 Å². The molecule has 0 aliphatic heterocycles. The van der Waals surface area contributed by atoms with Crippen molar-refractivity contribution in [1.29, 1.82) is 0 Å². The van der Waals surface area contributed by atoms with Crippen LogP contribution in [0.4, 0.5) is 0 Å². The van der Waals surface area contributed by atoms with E-state index in [0.717, 1.165) is 6.29 Å². The number of hydrogen-bond acceptors (Lipinski definition) is 1. The molecule has 0 atom stereocenters. The van der Waals surface area contributed by atoms with Crippen molar-refractivity contribution in [2.75, 3.05) is 0 Å². The number of carbonyl (C=O) groups is 1. The van der Waals surface area contributed by atoms with Crippen LogP contribution in [0.1, 0.15) is 0 Å². The molecule has 0 aromatic carbocycles. The highest BCUT2D eigenvalue weighted by Gasteiger charge is 1.59. The van der Waals surface area contributed by atoms with Gasteiger partial charge in [-0.15, -0.1) is 0 Å². The molecular weight excluding hydrogens is 136 g/mol. The predicted octanol–water partition coefficient (Wildman–Crippen LogP) is 2.05. The number of halogens is 1. The van der Waals surface area contributed by atoms with Crippen LogP contribution < -0.4 is 0 Å². The average Bonchev–Trinajstić information content (AvgIpc) is 1.89. The summed E-state index contributed by atoms with van der Waals surface area (Å²) in [5.74, 6) is 0. The van der Waals surface area contributed by atoms with Crippen LogP contribution >= 0.6 is 11.6 Å². The Bertz CT molecular complexity index is 145. The van der Waals surface area contributed by atoms with Crippen LogP contribution in [-0.4, -0.2) is 6.29 Å². The Morgan fingerprint density at radius 1 is 0.889 bits per heavy atom. The normalized spacial score (nSPS) is 12.1. The maximum Gasteiger partial charge on any atom is 0.142 e. The second-order valence-corrected chi connectivity index (χ2v) is 1.48. The highest BCUT2D eigenvalue weighted by Crippen LogP contribution is 1.81. The van der Waals surface area contributed by atoms with Gasteiger partial charge in [0, 0.05) is 5.54 Å². The molecule has 9 heavy (non-hydrogen) atoms. The molecule has 0 aliphatic rings. The number of rotatable bonds is 3. The van der Waals surface area contributed by atoms with Crippen molar-refractivity contribution in [3.8, 4) is 0 Å². The first-order chi connectivity index (χ1) is 4.41. The topological polar surface area (TPSA) is 17.1 Å². The fourth-order valence-electron chi connectivity index (χ4n) is 0.280. The van der Waals surface area contributed by atoms with E-state index in [0.29, 0.717) is 0 Å². The molecule has 0 aromatic rings. The standard InChI is InChI=1S/C7H7ClO/c8-6-4-2-1-3-5-7-9/h1-7H/b2-1+,5-3+,6-4-. The molecular formula is C7H7ClO. The maximum atomic E-state index is 9.67. The largest absolute Gasteiger partial charge is 0.299 e. The fraction of sp³-hybridized carbons (Fsp3) is 0. The van der Waals surface area contributed by atoms with E-state index in [4.69, 9.17) is 11.6 Å². The van der Waals surface area contributed by atoms with Crippen molar-refractivity contribution in [2.24, 2.45) is 0 Å². The van der Waals surface area contributed by atoms with Gasteiger partial charge in [-0.25, -0.2) is 0 Å². The lowest BCUT2D eigenvalue weighted by Crippen LogP contribution is -1.54. The molecule has 1 nitrogen and oxygen atoms in total. The second-order valence-electron chi connectivity index (χ2n) is 1.22. The Morgan fingerprint density at radius 2 is 1.44 bits per heavy atom. The minimum Gasteiger partial charge on any atom is -0.299 e. The summed E-state index contributed by atoms with van der Waals surface area (Å²) in [6, 6.07) is 0. The van der Waals surface area contributed by atoms with Gasteiger partial charge < -0.3 is 0 Å². The molecule has 0 radical (unpaired) electrons. The molecule has 0 spiro atoms. The third-order valence-electron chi connectivity index (χ3n) is 0.596. The minimum atomic E-state index is 0.717. The molecule has 0 fully saturated rings. The van der Waals surface area contributed by atoms with Crippen LogP contribution in [0.5, 0.6) is 0 Å². The van der Waals surface area contributed by atoms with E-state index in [1.165, 1.54) is 11.6 Å². The molecule has 2 heteroatoms. The Labute approximate surface area is 59.3 Å². The van der Waals surface area contributed by atoms with Crippen LogP contribution in [0.25, 0.3) is 0 Å². The van der Waals surface area contributed by atoms with Crippen molar-refractivity contribution < 1.29 is 4.79 Å². The van der Waals surface area contributed by atoms with Gasteiger partial charge in [-0.2, -0.15) is 0 Å². The highest BCUT2D eigenvalue weighted by atomic mass is 35.5. The summed E-state index contributed by atoms with van der Waals surface area (Å²) in [5, 5.41) is 0. The summed E-state index contributed by atoms with van der Waals surface area (Å²) in [7, 11) is 0. The van der Waals surface area contributed by atoms with Gasteiger partial charge >= 0.3 is 0 Å². The van der Waals surface area contributed by atoms with Gasteiger partial charge in [0.05, 0.1) is 0 Å². The van der Waals surface area contributed by atoms with Gasteiger partial charge in [0.2, 0.25) is 0 Å². The molecule has 0 N–H and O–H groups in total. The lowest BCUT2D eigenvalue weighted by Gasteiger charge is -1.67. The van der Waals surface area contributed by atoms with Crippen LogP contribution in [-0.2, 0) is 4.79 Å². The Kier molecular flexibility index (Phi) is 6.53. The Balaban J connectivity index is 3.46. The summed E-state index contributed by atoms with van der Waals surface area (Å²) in [4.78, 5) is 9.67. The summed E-state index contributed by atoms with van der Waals surface area (Å²) in [6.45, 7) is 0. The first kappa shape index (κ1) is 8.18. The van der Waals surface area contributed by atoms with Crippen LogP contribution in [0.15, 0.2) is 35.9 Å². The summed E-state index contributed by atoms with van der Waals surface area (Å²) in [5.41, 5.74) is 1.39. The molecule has 48 valence electrons. The van der Waals surface area contributed by atoms with E-state index in [1.54, 1.807) is 24.3 Å². The number of aldehydes is 1. The average molecular weight is 143 g/mol. The van der Waals surface area contributed by atoms with Gasteiger partial charge in [-0.05, 0) is 6.08 Å². The molecule has 0 saturated carbocycles. The first-order valence-corrected chi connectivity index (χ1v) is 2.89. The lowest BCUT2D eigenvalue weighted by molar-refractivity contribution is -0.104. The Hall–Kier alpha value is -0.820. The predicted molar refractivity (Wildman–Crippen MR) is 39.3 cm³/mol. The quantitative estimate of drug-likeness (QED) is 0.335. The first-order valence-electron chi connectivity index (χ1n) is 2.45. The molecule has 0 saturated heterocycles. The zero-order valence-corrected chi connectivity index (χ0v) is 5.58. The molecule has 0 rings (SSSR count). The van der Waals surface area contributed by atoms with Crippen molar-refractivity contribution in [3.05, 3.63) is 35.9 Å². The summed E-state index contributed by atoms with van der Waals surface area (Å²) in [6.07, 6.45) is 8.86. The molecule has 0 bridgehead atoms. The van der Waals surface area contributed by atoms with Crippen molar-refractivity contribution >= 4 is 17.9 Å². The van der Waals surface area contributed by atoms with Crippen molar-refractivity contribution in [3.63, 3.8) is 0 Å². The minimum absolute atomic E-state index is 0.717. The van der Waals surface area contributed by atoms with E-state index in [-0.39, 0.29) is 0 Å².